The van der Waals surface area contributed by atoms with Crippen molar-refractivity contribution in [2.75, 3.05) is 21.2 Å². The van der Waals surface area contributed by atoms with Crippen LogP contribution in [0.4, 0.5) is 5.69 Å². The normalized spacial score (nSPS) is 11.1. The Hall–Kier alpha value is -2.73. The van der Waals surface area contributed by atoms with Gasteiger partial charge in [0.1, 0.15) is 4.83 Å². The smallest absolute Gasteiger partial charge is 0.338 e. The Morgan fingerprint density at radius 2 is 2.04 bits per heavy atom. The summed E-state index contributed by atoms with van der Waals surface area (Å²) in [5, 5.41) is 2.63. The molecule has 0 amide bonds. The quantitative estimate of drug-likeness (QED) is 0.410. The molecule has 0 spiro atoms. The fourth-order valence-corrected chi connectivity index (χ4v) is 3.21. The van der Waals surface area contributed by atoms with Gasteiger partial charge < -0.3 is 9.64 Å². The molecule has 0 saturated heterocycles. The molecule has 0 atom stereocenters. The van der Waals surface area contributed by atoms with Crippen LogP contribution in [-0.4, -0.2) is 43.4 Å². The van der Waals surface area contributed by atoms with E-state index in [-0.39, 0.29) is 5.97 Å². The highest BCUT2D eigenvalue weighted by atomic mass is 32.1. The number of rotatable bonds is 4. The summed E-state index contributed by atoms with van der Waals surface area (Å²) in [7, 11) is 5.17. The third-order valence-electron chi connectivity index (χ3n) is 3.43. The van der Waals surface area contributed by atoms with Crippen molar-refractivity contribution in [1.29, 1.82) is 0 Å². The highest BCUT2D eigenvalue weighted by molar-refractivity contribution is 7.17. The summed E-state index contributed by atoms with van der Waals surface area (Å²) in [5.41, 5.74) is 2.90. The minimum Gasteiger partial charge on any atom is -0.465 e. The average Bonchev–Trinajstić information content (AvgIpc) is 3.02. The van der Waals surface area contributed by atoms with Crippen LogP contribution in [0.5, 0.6) is 0 Å². The first-order valence-electron chi connectivity index (χ1n) is 7.36. The third kappa shape index (κ3) is 3.14. The Balaban J connectivity index is 2.22. The molecule has 0 N–H and O–H groups in total. The molecule has 0 bridgehead atoms. The molecule has 0 aliphatic carbocycles. The second-order valence-corrected chi connectivity index (χ2v) is 6.28. The van der Waals surface area contributed by atoms with E-state index in [4.69, 9.17) is 9.72 Å². The monoisotopic (exact) mass is 339 g/mol. The topological polar surface area (TPSA) is 54.8 Å². The van der Waals surface area contributed by atoms with Gasteiger partial charge in [-0.3, -0.25) is 0 Å². The maximum atomic E-state index is 12.3. The number of nitrogens with zero attached hydrogens (tertiary/aromatic N) is 3. The zero-order valence-corrected chi connectivity index (χ0v) is 14.5. The zero-order chi connectivity index (χ0) is 17.1. The molecule has 0 aliphatic heterocycles. The van der Waals surface area contributed by atoms with Crippen LogP contribution in [0, 0.1) is 0 Å². The van der Waals surface area contributed by atoms with Crippen LogP contribution >= 0.6 is 11.3 Å². The van der Waals surface area contributed by atoms with Gasteiger partial charge in [0.25, 0.3) is 0 Å². The van der Waals surface area contributed by atoms with Crippen LogP contribution in [0.25, 0.3) is 21.5 Å². The minimum absolute atomic E-state index is 0.390. The molecule has 2 heterocycles. The number of hydrogen-bond donors (Lipinski definition) is 0. The van der Waals surface area contributed by atoms with E-state index in [1.165, 1.54) is 18.4 Å². The second-order valence-electron chi connectivity index (χ2n) is 5.42. The van der Waals surface area contributed by atoms with Crippen LogP contribution in [-0.2, 0) is 4.74 Å². The van der Waals surface area contributed by atoms with E-state index in [0.717, 1.165) is 27.2 Å². The number of carbonyl (C=O) groups is 1. The highest BCUT2D eigenvalue weighted by Gasteiger charge is 2.18. The van der Waals surface area contributed by atoms with Crippen molar-refractivity contribution in [3.05, 3.63) is 47.3 Å². The summed E-state index contributed by atoms with van der Waals surface area (Å²) in [5.74, 6) is -0.390. The number of methoxy groups -OCH3 is 1. The van der Waals surface area contributed by atoms with E-state index in [2.05, 4.69) is 4.99 Å². The first kappa shape index (κ1) is 16.1. The maximum absolute atomic E-state index is 12.3. The van der Waals surface area contributed by atoms with Crippen molar-refractivity contribution < 1.29 is 9.53 Å². The molecule has 6 heteroatoms. The Bertz CT molecular complexity index is 901. The predicted octanol–water partition coefficient (Wildman–Crippen LogP) is 3.97. The number of pyridine rings is 1. The molecule has 3 rings (SSSR count). The van der Waals surface area contributed by atoms with Crippen molar-refractivity contribution in [1.82, 2.24) is 9.88 Å². The van der Waals surface area contributed by atoms with Gasteiger partial charge in [0.05, 0.1) is 35.8 Å². The SMILES string of the molecule is COC(=O)c1cc(-c2ccccc2)nc2scc(N=CN(C)C)c12. The fourth-order valence-electron chi connectivity index (χ4n) is 2.33. The third-order valence-corrected chi connectivity index (χ3v) is 4.29. The summed E-state index contributed by atoms with van der Waals surface area (Å²) in [6, 6.07) is 11.5. The Labute approximate surface area is 144 Å². The number of hydrogen-bond acceptors (Lipinski definition) is 5. The van der Waals surface area contributed by atoms with Crippen LogP contribution in [0.1, 0.15) is 10.4 Å². The molecule has 0 unspecified atom stereocenters. The van der Waals surface area contributed by atoms with E-state index < -0.39 is 0 Å². The maximum Gasteiger partial charge on any atom is 0.338 e. The van der Waals surface area contributed by atoms with Crippen molar-refractivity contribution >= 4 is 39.5 Å². The Morgan fingerprint density at radius 1 is 1.29 bits per heavy atom. The lowest BCUT2D eigenvalue weighted by atomic mass is 10.1. The lowest BCUT2D eigenvalue weighted by Gasteiger charge is -2.07. The van der Waals surface area contributed by atoms with Crippen molar-refractivity contribution in [2.24, 2.45) is 4.99 Å². The summed E-state index contributed by atoms with van der Waals surface area (Å²) in [4.78, 5) is 24.0. The molecule has 0 radical (unpaired) electrons. The predicted molar refractivity (Wildman–Crippen MR) is 98.2 cm³/mol. The van der Waals surface area contributed by atoms with E-state index in [0.29, 0.717) is 5.56 Å². The van der Waals surface area contributed by atoms with Gasteiger partial charge in [-0.15, -0.1) is 11.3 Å². The molecule has 24 heavy (non-hydrogen) atoms. The zero-order valence-electron chi connectivity index (χ0n) is 13.7. The Kier molecular flexibility index (Phi) is 4.57. The standard InChI is InChI=1S/C18H17N3O2S/c1-21(2)11-19-15-10-24-17-16(15)13(18(22)23-3)9-14(20-17)12-7-5-4-6-8-12/h4-11H,1-3H3. The number of aliphatic imine (C=N–C) groups is 1. The number of thiophene rings is 1. The van der Waals surface area contributed by atoms with Crippen LogP contribution in [0.2, 0.25) is 0 Å². The lowest BCUT2D eigenvalue weighted by molar-refractivity contribution is 0.0603. The fraction of sp³-hybridized carbons (Fsp3) is 0.167. The number of aromatic nitrogens is 1. The molecule has 0 aliphatic rings. The number of benzene rings is 1. The number of fused-ring (bicyclic) bond motifs is 1. The van der Waals surface area contributed by atoms with Crippen LogP contribution < -0.4 is 0 Å². The van der Waals surface area contributed by atoms with Crippen LogP contribution in [0.3, 0.4) is 0 Å². The van der Waals surface area contributed by atoms with E-state index in [1.54, 1.807) is 12.4 Å². The van der Waals surface area contributed by atoms with Crippen molar-refractivity contribution in [3.8, 4) is 11.3 Å². The van der Waals surface area contributed by atoms with Gasteiger partial charge in [-0.1, -0.05) is 30.3 Å². The summed E-state index contributed by atoms with van der Waals surface area (Å²) in [6.07, 6.45) is 1.70. The van der Waals surface area contributed by atoms with Gasteiger partial charge in [0, 0.05) is 25.0 Å². The van der Waals surface area contributed by atoms with Gasteiger partial charge in [0.15, 0.2) is 0 Å². The summed E-state index contributed by atoms with van der Waals surface area (Å²) >= 11 is 1.47. The van der Waals surface area contributed by atoms with E-state index >= 15 is 0 Å². The first-order chi connectivity index (χ1) is 11.6. The van der Waals surface area contributed by atoms with Gasteiger partial charge in [0.2, 0.25) is 0 Å². The van der Waals surface area contributed by atoms with Crippen LogP contribution in [0.15, 0.2) is 46.8 Å². The molecule has 3 aromatic rings. The minimum atomic E-state index is -0.390. The second kappa shape index (κ2) is 6.80. The first-order valence-corrected chi connectivity index (χ1v) is 8.24. The Morgan fingerprint density at radius 3 is 2.71 bits per heavy atom. The molecule has 5 nitrogen and oxygen atoms in total. The lowest BCUT2D eigenvalue weighted by Crippen LogP contribution is -2.07. The summed E-state index contributed by atoms with van der Waals surface area (Å²) < 4.78 is 4.96. The molecular weight excluding hydrogens is 322 g/mol. The van der Waals surface area contributed by atoms with Gasteiger partial charge in [-0.25, -0.2) is 14.8 Å². The molecule has 1 aromatic carbocycles. The number of esters is 1. The molecular formula is C18H17N3O2S. The number of ether oxygens (including phenoxy) is 1. The van der Waals surface area contributed by atoms with Gasteiger partial charge in [-0.05, 0) is 6.07 Å². The molecule has 0 fully saturated rings. The van der Waals surface area contributed by atoms with Gasteiger partial charge in [-0.2, -0.15) is 0 Å². The molecule has 122 valence electrons. The molecule has 0 saturated carbocycles. The van der Waals surface area contributed by atoms with Crippen molar-refractivity contribution in [3.63, 3.8) is 0 Å². The van der Waals surface area contributed by atoms with E-state index in [9.17, 15) is 4.79 Å². The average molecular weight is 339 g/mol. The largest absolute Gasteiger partial charge is 0.465 e. The molecule has 2 aromatic heterocycles. The van der Waals surface area contributed by atoms with Gasteiger partial charge >= 0.3 is 5.97 Å². The highest BCUT2D eigenvalue weighted by Crippen LogP contribution is 2.36. The van der Waals surface area contributed by atoms with Crippen molar-refractivity contribution in [2.45, 2.75) is 0 Å². The van der Waals surface area contributed by atoms with E-state index in [1.807, 2.05) is 54.7 Å². The number of carbonyl (C=O) groups excluding carboxylic acids is 1. The summed E-state index contributed by atoms with van der Waals surface area (Å²) in [6.45, 7) is 0.